The van der Waals surface area contributed by atoms with E-state index in [1.54, 1.807) is 29.2 Å². The summed E-state index contributed by atoms with van der Waals surface area (Å²) in [6.07, 6.45) is 2.59. The number of aryl methyl sites for hydroxylation is 3. The molecular weight excluding hydrogens is 376 g/mol. The van der Waals surface area contributed by atoms with Crippen molar-refractivity contribution in [1.82, 2.24) is 10.6 Å². The summed E-state index contributed by atoms with van der Waals surface area (Å²) in [6.45, 7) is 8.07. The second-order valence-corrected chi connectivity index (χ2v) is 9.22. The zero-order chi connectivity index (χ0) is 20.0. The number of rotatable bonds is 8. The summed E-state index contributed by atoms with van der Waals surface area (Å²) in [5.74, 6) is 0.452. The van der Waals surface area contributed by atoms with Gasteiger partial charge >= 0.3 is 0 Å². The quantitative estimate of drug-likeness (QED) is 0.685. The van der Waals surface area contributed by atoms with Crippen LogP contribution >= 0.6 is 23.1 Å². The van der Waals surface area contributed by atoms with E-state index in [0.29, 0.717) is 12.0 Å². The fourth-order valence-corrected chi connectivity index (χ4v) is 4.50. The lowest BCUT2D eigenvalue weighted by molar-refractivity contribution is -0.123. The van der Waals surface area contributed by atoms with E-state index in [0.717, 1.165) is 16.9 Å². The molecule has 0 saturated heterocycles. The Balaban J connectivity index is 2.08. The summed E-state index contributed by atoms with van der Waals surface area (Å²) < 4.78 is 0. The highest BCUT2D eigenvalue weighted by Gasteiger charge is 2.23. The molecule has 2 aromatic rings. The van der Waals surface area contributed by atoms with E-state index in [-0.39, 0.29) is 17.9 Å². The van der Waals surface area contributed by atoms with Crippen LogP contribution in [-0.2, 0) is 4.79 Å². The average Bonchev–Trinajstić information content (AvgIpc) is 2.96. The van der Waals surface area contributed by atoms with E-state index in [1.165, 1.54) is 9.75 Å². The molecule has 0 radical (unpaired) electrons. The van der Waals surface area contributed by atoms with Crippen LogP contribution in [0.2, 0.25) is 0 Å². The first-order chi connectivity index (χ1) is 12.8. The van der Waals surface area contributed by atoms with Crippen LogP contribution in [0, 0.1) is 20.8 Å². The molecule has 27 heavy (non-hydrogen) atoms. The third-order valence-electron chi connectivity index (χ3n) is 4.42. The summed E-state index contributed by atoms with van der Waals surface area (Å²) in [7, 11) is 0. The van der Waals surface area contributed by atoms with E-state index < -0.39 is 6.04 Å². The van der Waals surface area contributed by atoms with Gasteiger partial charge in [0.2, 0.25) is 5.91 Å². The molecule has 6 heteroatoms. The maximum absolute atomic E-state index is 12.9. The van der Waals surface area contributed by atoms with Crippen molar-refractivity contribution < 1.29 is 9.59 Å². The zero-order valence-electron chi connectivity index (χ0n) is 16.6. The smallest absolute Gasteiger partial charge is 0.251 e. The van der Waals surface area contributed by atoms with Crippen molar-refractivity contribution >= 4 is 34.9 Å². The summed E-state index contributed by atoms with van der Waals surface area (Å²) >= 11 is 3.40. The predicted octanol–water partition coefficient (Wildman–Crippen LogP) is 4.40. The number of carbonyl (C=O) groups is 2. The number of hydrogen-bond acceptors (Lipinski definition) is 4. The van der Waals surface area contributed by atoms with E-state index in [2.05, 4.69) is 30.5 Å². The highest BCUT2D eigenvalue weighted by atomic mass is 32.2. The van der Waals surface area contributed by atoms with Crippen LogP contribution in [0.4, 0.5) is 0 Å². The normalized spacial score (nSPS) is 13.1. The molecule has 4 nitrogen and oxygen atoms in total. The standard InChI is InChI=1S/C21H28N2O2S2/c1-13-7-6-8-17(11-13)20(24)23-19(9-10-26-5)21(25)22-15(3)18-12-14(2)27-16(18)4/h6-8,11-12,15,19H,9-10H2,1-5H3,(H,22,25)(H,23,24)/t15-,19-/m0/s1. The average molecular weight is 405 g/mol. The Morgan fingerprint density at radius 2 is 1.89 bits per heavy atom. The number of thiophene rings is 1. The van der Waals surface area contributed by atoms with Crippen LogP contribution in [0.5, 0.6) is 0 Å². The van der Waals surface area contributed by atoms with Crippen molar-refractivity contribution in [3.63, 3.8) is 0 Å². The first-order valence-corrected chi connectivity index (χ1v) is 11.3. The molecule has 0 aliphatic carbocycles. The topological polar surface area (TPSA) is 58.2 Å². The van der Waals surface area contributed by atoms with Crippen LogP contribution in [-0.4, -0.2) is 29.9 Å². The molecule has 0 spiro atoms. The largest absolute Gasteiger partial charge is 0.348 e. The summed E-state index contributed by atoms with van der Waals surface area (Å²) in [5, 5.41) is 5.98. The molecule has 1 heterocycles. The fourth-order valence-electron chi connectivity index (χ4n) is 3.00. The minimum Gasteiger partial charge on any atom is -0.348 e. The fraction of sp³-hybridized carbons (Fsp3) is 0.429. The Morgan fingerprint density at radius 3 is 2.48 bits per heavy atom. The number of thioether (sulfide) groups is 1. The van der Waals surface area contributed by atoms with Crippen molar-refractivity contribution in [2.45, 2.75) is 46.2 Å². The number of benzene rings is 1. The first-order valence-electron chi connectivity index (χ1n) is 9.05. The van der Waals surface area contributed by atoms with Gasteiger partial charge in [-0.2, -0.15) is 11.8 Å². The van der Waals surface area contributed by atoms with Gasteiger partial charge in [0, 0.05) is 15.3 Å². The molecule has 0 saturated carbocycles. The molecule has 1 aromatic carbocycles. The minimum absolute atomic E-state index is 0.0879. The van der Waals surface area contributed by atoms with Crippen LogP contribution < -0.4 is 10.6 Å². The van der Waals surface area contributed by atoms with Crippen LogP contribution in [0.15, 0.2) is 30.3 Å². The second-order valence-electron chi connectivity index (χ2n) is 6.78. The Morgan fingerprint density at radius 1 is 1.15 bits per heavy atom. The third-order valence-corrected chi connectivity index (χ3v) is 6.04. The molecule has 0 unspecified atom stereocenters. The molecule has 0 fully saturated rings. The van der Waals surface area contributed by atoms with Gasteiger partial charge in [0.1, 0.15) is 6.04 Å². The molecule has 0 aliphatic rings. The molecule has 2 rings (SSSR count). The van der Waals surface area contributed by atoms with E-state index in [4.69, 9.17) is 0 Å². The maximum Gasteiger partial charge on any atom is 0.251 e. The van der Waals surface area contributed by atoms with Crippen LogP contribution in [0.3, 0.4) is 0 Å². The minimum atomic E-state index is -0.548. The number of nitrogens with one attached hydrogen (secondary N) is 2. The van der Waals surface area contributed by atoms with Crippen molar-refractivity contribution in [1.29, 1.82) is 0 Å². The zero-order valence-corrected chi connectivity index (χ0v) is 18.2. The maximum atomic E-state index is 12.9. The Labute approximate surface area is 170 Å². The van der Waals surface area contributed by atoms with Crippen molar-refractivity contribution in [3.05, 3.63) is 56.8 Å². The summed E-state index contributed by atoms with van der Waals surface area (Å²) in [4.78, 5) is 27.9. The van der Waals surface area contributed by atoms with Gasteiger partial charge in [0.25, 0.3) is 5.91 Å². The predicted molar refractivity (Wildman–Crippen MR) is 116 cm³/mol. The van der Waals surface area contributed by atoms with Gasteiger partial charge in [-0.05, 0) is 69.9 Å². The Hall–Kier alpha value is -1.79. The van der Waals surface area contributed by atoms with Crippen LogP contribution in [0.1, 0.15) is 50.6 Å². The highest BCUT2D eigenvalue weighted by molar-refractivity contribution is 7.98. The van der Waals surface area contributed by atoms with Crippen LogP contribution in [0.25, 0.3) is 0 Å². The van der Waals surface area contributed by atoms with E-state index in [9.17, 15) is 9.59 Å². The van der Waals surface area contributed by atoms with Gasteiger partial charge < -0.3 is 10.6 Å². The van der Waals surface area contributed by atoms with Crippen molar-refractivity contribution in [2.75, 3.05) is 12.0 Å². The summed E-state index contributed by atoms with van der Waals surface area (Å²) in [5.41, 5.74) is 2.73. The van der Waals surface area contributed by atoms with Gasteiger partial charge in [-0.3, -0.25) is 9.59 Å². The molecule has 1 aromatic heterocycles. The van der Waals surface area contributed by atoms with Crippen molar-refractivity contribution in [3.8, 4) is 0 Å². The van der Waals surface area contributed by atoms with Gasteiger partial charge in [0.15, 0.2) is 0 Å². The first kappa shape index (κ1) is 21.5. The van der Waals surface area contributed by atoms with E-state index >= 15 is 0 Å². The Bertz CT molecular complexity index is 801. The molecule has 0 bridgehead atoms. The number of amides is 2. The van der Waals surface area contributed by atoms with Gasteiger partial charge in [-0.15, -0.1) is 11.3 Å². The number of carbonyl (C=O) groups excluding carboxylic acids is 2. The lowest BCUT2D eigenvalue weighted by Crippen LogP contribution is -2.47. The third kappa shape index (κ3) is 6.11. The lowest BCUT2D eigenvalue weighted by atomic mass is 10.1. The van der Waals surface area contributed by atoms with E-state index in [1.807, 2.05) is 38.3 Å². The monoisotopic (exact) mass is 404 g/mol. The molecular formula is C21H28N2O2S2. The molecule has 2 atom stereocenters. The lowest BCUT2D eigenvalue weighted by Gasteiger charge is -2.21. The van der Waals surface area contributed by atoms with Gasteiger partial charge in [-0.25, -0.2) is 0 Å². The second kappa shape index (κ2) is 9.95. The number of hydrogen-bond donors (Lipinski definition) is 2. The van der Waals surface area contributed by atoms with Gasteiger partial charge in [-0.1, -0.05) is 17.7 Å². The van der Waals surface area contributed by atoms with Gasteiger partial charge in [0.05, 0.1) is 6.04 Å². The molecule has 0 aliphatic heterocycles. The Kier molecular flexibility index (Phi) is 7.92. The van der Waals surface area contributed by atoms with Crippen molar-refractivity contribution in [2.24, 2.45) is 0 Å². The molecule has 2 N–H and O–H groups in total. The summed E-state index contributed by atoms with van der Waals surface area (Å²) in [6, 6.07) is 8.88. The SMILES string of the molecule is CSCC[C@H](NC(=O)c1cccc(C)c1)C(=O)N[C@@H](C)c1cc(C)sc1C. The highest BCUT2D eigenvalue weighted by Crippen LogP contribution is 2.26. The molecule has 146 valence electrons. The molecule has 2 amide bonds.